The summed E-state index contributed by atoms with van der Waals surface area (Å²) in [4.78, 5) is 13.0. The first-order valence-corrected chi connectivity index (χ1v) is 9.06. The van der Waals surface area contributed by atoms with Crippen molar-refractivity contribution < 1.29 is 23.8 Å². The molecule has 1 N–H and O–H groups in total. The molecule has 2 heterocycles. The van der Waals surface area contributed by atoms with Crippen molar-refractivity contribution in [3.63, 3.8) is 0 Å². The van der Waals surface area contributed by atoms with Gasteiger partial charge in [-0.15, -0.1) is 0 Å². The highest BCUT2D eigenvalue weighted by molar-refractivity contribution is 6.05. The van der Waals surface area contributed by atoms with Crippen LogP contribution in [0.25, 0.3) is 0 Å². The summed E-state index contributed by atoms with van der Waals surface area (Å²) in [5, 5.41) is 16.3. The Kier molecular flexibility index (Phi) is 4.95. The number of carbonyl (C=O) groups is 1. The normalized spacial score (nSPS) is 15.9. The number of hydrazone groups is 1. The molecule has 1 atom stereocenters. The number of hydrogen-bond donors (Lipinski definition) is 1. The SMILES string of the molecule is COc1cc(OC)cc(C2=NN(C(=O)c3ccco3)C(c3ccccc3O)C2)c1. The number of benzene rings is 2. The summed E-state index contributed by atoms with van der Waals surface area (Å²) in [6.07, 6.45) is 1.86. The van der Waals surface area contributed by atoms with Gasteiger partial charge in [0.2, 0.25) is 0 Å². The van der Waals surface area contributed by atoms with Crippen LogP contribution in [0.4, 0.5) is 0 Å². The molecule has 148 valence electrons. The molecule has 2 aromatic carbocycles. The van der Waals surface area contributed by atoms with E-state index in [1.807, 2.05) is 18.2 Å². The van der Waals surface area contributed by atoms with Crippen LogP contribution in [0.5, 0.6) is 17.2 Å². The predicted octanol–water partition coefficient (Wildman–Crippen LogP) is 3.99. The third-order valence-corrected chi connectivity index (χ3v) is 4.83. The molecular formula is C22H20N2O5. The second kappa shape index (κ2) is 7.71. The first kappa shape index (κ1) is 18.6. The van der Waals surface area contributed by atoms with Gasteiger partial charge in [-0.3, -0.25) is 4.79 Å². The van der Waals surface area contributed by atoms with Gasteiger partial charge in [-0.1, -0.05) is 18.2 Å². The summed E-state index contributed by atoms with van der Waals surface area (Å²) < 4.78 is 16.0. The van der Waals surface area contributed by atoms with Gasteiger partial charge < -0.3 is 19.0 Å². The summed E-state index contributed by atoms with van der Waals surface area (Å²) in [5.74, 6) is 1.15. The lowest BCUT2D eigenvalue weighted by atomic mass is 9.97. The van der Waals surface area contributed by atoms with Crippen molar-refractivity contribution in [3.8, 4) is 17.2 Å². The van der Waals surface area contributed by atoms with Gasteiger partial charge in [0.25, 0.3) is 0 Å². The van der Waals surface area contributed by atoms with Crippen LogP contribution >= 0.6 is 0 Å². The smallest absolute Gasteiger partial charge is 0.310 e. The van der Waals surface area contributed by atoms with E-state index in [2.05, 4.69) is 5.10 Å². The Balaban J connectivity index is 1.77. The van der Waals surface area contributed by atoms with Gasteiger partial charge in [-0.2, -0.15) is 5.10 Å². The zero-order valence-corrected chi connectivity index (χ0v) is 16.0. The monoisotopic (exact) mass is 392 g/mol. The third-order valence-electron chi connectivity index (χ3n) is 4.83. The highest BCUT2D eigenvalue weighted by Crippen LogP contribution is 2.38. The number of para-hydroxylation sites is 1. The second-order valence-electron chi connectivity index (χ2n) is 6.55. The minimum absolute atomic E-state index is 0.106. The lowest BCUT2D eigenvalue weighted by Crippen LogP contribution is -2.26. The number of methoxy groups -OCH3 is 2. The molecule has 1 amide bonds. The van der Waals surface area contributed by atoms with Crippen LogP contribution in [0.1, 0.15) is 34.1 Å². The molecule has 1 unspecified atom stereocenters. The Morgan fingerprint density at radius 1 is 1.10 bits per heavy atom. The van der Waals surface area contributed by atoms with Gasteiger partial charge in [0.15, 0.2) is 5.76 Å². The molecule has 1 aromatic heterocycles. The summed E-state index contributed by atoms with van der Waals surface area (Å²) in [7, 11) is 3.15. The summed E-state index contributed by atoms with van der Waals surface area (Å²) in [6.45, 7) is 0. The maximum atomic E-state index is 13.0. The van der Waals surface area contributed by atoms with Crippen LogP contribution in [0.3, 0.4) is 0 Å². The average molecular weight is 392 g/mol. The summed E-state index contributed by atoms with van der Waals surface area (Å²) in [5.41, 5.74) is 2.06. The van der Waals surface area contributed by atoms with Crippen molar-refractivity contribution in [1.82, 2.24) is 5.01 Å². The molecule has 0 aliphatic carbocycles. The van der Waals surface area contributed by atoms with Gasteiger partial charge in [-0.05, 0) is 30.3 Å². The highest BCUT2D eigenvalue weighted by atomic mass is 16.5. The van der Waals surface area contributed by atoms with E-state index in [1.54, 1.807) is 50.6 Å². The molecule has 0 saturated carbocycles. The van der Waals surface area contributed by atoms with E-state index in [9.17, 15) is 9.90 Å². The van der Waals surface area contributed by atoms with Crippen molar-refractivity contribution in [3.05, 3.63) is 77.7 Å². The quantitative estimate of drug-likeness (QED) is 0.710. The second-order valence-corrected chi connectivity index (χ2v) is 6.55. The number of nitrogens with zero attached hydrogens (tertiary/aromatic N) is 2. The van der Waals surface area contributed by atoms with Crippen molar-refractivity contribution in [1.29, 1.82) is 0 Å². The van der Waals surface area contributed by atoms with E-state index in [-0.39, 0.29) is 17.4 Å². The number of phenolic OH excluding ortho intramolecular Hbond substituents is 1. The van der Waals surface area contributed by atoms with Crippen LogP contribution in [0.15, 0.2) is 70.4 Å². The molecule has 1 aliphatic heterocycles. The zero-order chi connectivity index (χ0) is 20.4. The van der Waals surface area contributed by atoms with E-state index >= 15 is 0 Å². The number of rotatable bonds is 5. The third kappa shape index (κ3) is 3.54. The standard InChI is InChI=1S/C22H20N2O5/c1-27-15-10-14(11-16(12-15)28-2)18-13-19(17-6-3-4-7-20(17)25)24(23-18)22(26)21-8-5-9-29-21/h3-12,19,25H,13H2,1-2H3. The Hall–Kier alpha value is -3.74. The molecule has 7 heteroatoms. The lowest BCUT2D eigenvalue weighted by Gasteiger charge is -2.21. The van der Waals surface area contributed by atoms with E-state index < -0.39 is 6.04 Å². The molecule has 4 rings (SSSR count). The first-order chi connectivity index (χ1) is 14.1. The van der Waals surface area contributed by atoms with Crippen LogP contribution in [0, 0.1) is 0 Å². The predicted molar refractivity (Wildman–Crippen MR) is 106 cm³/mol. The molecule has 0 fully saturated rings. The van der Waals surface area contributed by atoms with Crippen LogP contribution in [-0.2, 0) is 0 Å². The average Bonchev–Trinajstić information content (AvgIpc) is 3.43. The molecular weight excluding hydrogens is 372 g/mol. The van der Waals surface area contributed by atoms with E-state index in [4.69, 9.17) is 13.9 Å². The van der Waals surface area contributed by atoms with Crippen LogP contribution in [0.2, 0.25) is 0 Å². The number of aromatic hydroxyl groups is 1. The minimum atomic E-state index is -0.471. The fourth-order valence-corrected chi connectivity index (χ4v) is 3.37. The van der Waals surface area contributed by atoms with Gasteiger partial charge in [0.05, 0.1) is 32.2 Å². The van der Waals surface area contributed by atoms with Crippen molar-refractivity contribution in [2.24, 2.45) is 5.10 Å². The van der Waals surface area contributed by atoms with Gasteiger partial charge >= 0.3 is 5.91 Å². The van der Waals surface area contributed by atoms with Crippen molar-refractivity contribution in [2.75, 3.05) is 14.2 Å². The molecule has 0 radical (unpaired) electrons. The molecule has 3 aromatic rings. The topological polar surface area (TPSA) is 84.5 Å². The minimum Gasteiger partial charge on any atom is -0.508 e. The number of carbonyl (C=O) groups excluding carboxylic acids is 1. The van der Waals surface area contributed by atoms with Gasteiger partial charge in [0.1, 0.15) is 17.2 Å². The van der Waals surface area contributed by atoms with Gasteiger partial charge in [0, 0.05) is 23.6 Å². The maximum Gasteiger partial charge on any atom is 0.310 e. The van der Waals surface area contributed by atoms with Crippen molar-refractivity contribution >= 4 is 11.6 Å². The van der Waals surface area contributed by atoms with E-state index in [1.165, 1.54) is 11.3 Å². The fourth-order valence-electron chi connectivity index (χ4n) is 3.37. The summed E-state index contributed by atoms with van der Waals surface area (Å²) in [6, 6.07) is 15.1. The first-order valence-electron chi connectivity index (χ1n) is 9.06. The van der Waals surface area contributed by atoms with E-state index in [0.29, 0.717) is 29.2 Å². The molecule has 0 saturated heterocycles. The molecule has 0 bridgehead atoms. The van der Waals surface area contributed by atoms with Crippen molar-refractivity contribution in [2.45, 2.75) is 12.5 Å². The molecule has 29 heavy (non-hydrogen) atoms. The molecule has 7 nitrogen and oxygen atoms in total. The largest absolute Gasteiger partial charge is 0.508 e. The number of phenols is 1. The zero-order valence-electron chi connectivity index (χ0n) is 16.0. The number of ether oxygens (including phenoxy) is 2. The lowest BCUT2D eigenvalue weighted by molar-refractivity contribution is 0.0677. The molecule has 1 aliphatic rings. The Morgan fingerprint density at radius 2 is 1.83 bits per heavy atom. The fraction of sp³-hybridized carbons (Fsp3) is 0.182. The Bertz CT molecular complexity index is 1040. The maximum absolute atomic E-state index is 13.0. The number of amides is 1. The molecule has 0 spiro atoms. The number of furan rings is 1. The summed E-state index contributed by atoms with van der Waals surface area (Å²) >= 11 is 0. The van der Waals surface area contributed by atoms with Crippen LogP contribution in [-0.4, -0.2) is 36.0 Å². The Morgan fingerprint density at radius 3 is 2.45 bits per heavy atom. The van der Waals surface area contributed by atoms with E-state index in [0.717, 1.165) is 5.56 Å². The van der Waals surface area contributed by atoms with Gasteiger partial charge in [-0.25, -0.2) is 5.01 Å². The van der Waals surface area contributed by atoms with Crippen LogP contribution < -0.4 is 9.47 Å². The number of hydrogen-bond acceptors (Lipinski definition) is 6. The Labute approximate surface area is 167 Å². The highest BCUT2D eigenvalue weighted by Gasteiger charge is 2.36.